The average molecular weight is 375 g/mol. The zero-order valence-electron chi connectivity index (χ0n) is 11.1. The summed E-state index contributed by atoms with van der Waals surface area (Å²) in [6, 6.07) is 5.23. The first-order valence-corrected chi connectivity index (χ1v) is 9.05. The van der Waals surface area contributed by atoms with Crippen molar-refractivity contribution in [3.8, 4) is 0 Å². The first-order valence-electron chi connectivity index (χ1n) is 5.89. The number of halogens is 1. The molecule has 0 amide bonds. The first kappa shape index (κ1) is 15.5. The van der Waals surface area contributed by atoms with E-state index in [1.54, 1.807) is 19.1 Å². The van der Waals surface area contributed by atoms with Crippen molar-refractivity contribution in [1.82, 2.24) is 4.72 Å². The number of thiophene rings is 1. The predicted molar refractivity (Wildman–Crippen MR) is 86.4 cm³/mol. The fourth-order valence-electron chi connectivity index (χ4n) is 1.78. The molecule has 0 aliphatic rings. The smallest absolute Gasteiger partial charge is 0.241 e. The van der Waals surface area contributed by atoms with Crippen molar-refractivity contribution in [1.29, 1.82) is 0 Å². The highest BCUT2D eigenvalue weighted by Gasteiger charge is 2.19. The number of anilines is 1. The van der Waals surface area contributed by atoms with Gasteiger partial charge in [0.15, 0.2) is 0 Å². The molecule has 2 aromatic rings. The maximum atomic E-state index is 12.4. The van der Waals surface area contributed by atoms with Gasteiger partial charge in [-0.1, -0.05) is 15.9 Å². The number of aryl methyl sites for hydroxylation is 1. The molecule has 2 rings (SSSR count). The number of rotatable bonds is 4. The summed E-state index contributed by atoms with van der Waals surface area (Å²) in [6.45, 7) is 3.95. The van der Waals surface area contributed by atoms with E-state index in [9.17, 15) is 8.42 Å². The Balaban J connectivity index is 2.29. The molecule has 7 heteroatoms. The fourth-order valence-corrected chi connectivity index (χ4v) is 4.63. The molecule has 108 valence electrons. The maximum Gasteiger partial charge on any atom is 0.241 e. The van der Waals surface area contributed by atoms with E-state index in [2.05, 4.69) is 20.7 Å². The van der Waals surface area contributed by atoms with Crippen molar-refractivity contribution in [3.63, 3.8) is 0 Å². The number of hydrogen-bond donors (Lipinski definition) is 2. The van der Waals surface area contributed by atoms with E-state index in [-0.39, 0.29) is 11.4 Å². The molecule has 1 heterocycles. The van der Waals surface area contributed by atoms with E-state index in [0.29, 0.717) is 15.7 Å². The summed E-state index contributed by atoms with van der Waals surface area (Å²) < 4.78 is 28.0. The van der Waals surface area contributed by atoms with Gasteiger partial charge in [-0.15, -0.1) is 11.3 Å². The Hall–Kier alpha value is -0.890. The van der Waals surface area contributed by atoms with Crippen LogP contribution in [0.3, 0.4) is 0 Å². The summed E-state index contributed by atoms with van der Waals surface area (Å²) >= 11 is 4.81. The SMILES string of the molecule is Cc1ccsc1CNS(=O)(=O)c1cc(Br)cc(N)c1C. The summed E-state index contributed by atoms with van der Waals surface area (Å²) in [5, 5.41) is 1.95. The van der Waals surface area contributed by atoms with Gasteiger partial charge >= 0.3 is 0 Å². The van der Waals surface area contributed by atoms with Gasteiger partial charge < -0.3 is 5.73 Å². The van der Waals surface area contributed by atoms with Crippen LogP contribution in [0.15, 0.2) is 32.9 Å². The van der Waals surface area contributed by atoms with Crippen LogP contribution in [0.25, 0.3) is 0 Å². The Kier molecular flexibility index (Phi) is 4.53. The Morgan fingerprint density at radius 2 is 2.05 bits per heavy atom. The Labute approximate surface area is 131 Å². The van der Waals surface area contributed by atoms with Crippen LogP contribution in [0.4, 0.5) is 5.69 Å². The standard InChI is InChI=1S/C13H15BrN2O2S2/c1-8-3-4-19-12(8)7-16-20(17,18)13-6-10(14)5-11(15)9(13)2/h3-6,16H,7,15H2,1-2H3. The molecular formula is C13H15BrN2O2S2. The second kappa shape index (κ2) is 5.85. The normalized spacial score (nSPS) is 11.8. The minimum Gasteiger partial charge on any atom is -0.398 e. The topological polar surface area (TPSA) is 72.2 Å². The van der Waals surface area contributed by atoms with Gasteiger partial charge in [-0.3, -0.25) is 0 Å². The van der Waals surface area contributed by atoms with Crippen molar-refractivity contribution < 1.29 is 8.42 Å². The third kappa shape index (κ3) is 3.22. The predicted octanol–water partition coefficient (Wildman–Crippen LogP) is 3.19. The van der Waals surface area contributed by atoms with E-state index < -0.39 is 10.0 Å². The van der Waals surface area contributed by atoms with Gasteiger partial charge in [0.1, 0.15) is 0 Å². The molecule has 0 bridgehead atoms. The summed E-state index contributed by atoms with van der Waals surface area (Å²) in [5.41, 5.74) is 7.91. The third-order valence-corrected chi connectivity index (χ3v) is 6.05. The molecular weight excluding hydrogens is 360 g/mol. The highest BCUT2D eigenvalue weighted by molar-refractivity contribution is 9.10. The van der Waals surface area contributed by atoms with E-state index >= 15 is 0 Å². The van der Waals surface area contributed by atoms with Crippen molar-refractivity contribution in [2.45, 2.75) is 25.3 Å². The first-order chi connectivity index (χ1) is 9.31. The van der Waals surface area contributed by atoms with Crippen LogP contribution in [0.1, 0.15) is 16.0 Å². The lowest BCUT2D eigenvalue weighted by molar-refractivity contribution is 0.581. The number of hydrogen-bond acceptors (Lipinski definition) is 4. The molecule has 0 spiro atoms. The van der Waals surface area contributed by atoms with E-state index in [0.717, 1.165) is 10.4 Å². The lowest BCUT2D eigenvalue weighted by Crippen LogP contribution is -2.24. The van der Waals surface area contributed by atoms with Gasteiger partial charge in [-0.25, -0.2) is 13.1 Å². The van der Waals surface area contributed by atoms with Crippen LogP contribution >= 0.6 is 27.3 Å². The average Bonchev–Trinajstić information content (AvgIpc) is 2.77. The molecule has 0 saturated heterocycles. The highest BCUT2D eigenvalue weighted by Crippen LogP contribution is 2.26. The summed E-state index contributed by atoms with van der Waals surface area (Å²) in [4.78, 5) is 1.22. The van der Waals surface area contributed by atoms with Crippen molar-refractivity contribution in [2.75, 3.05) is 5.73 Å². The zero-order chi connectivity index (χ0) is 14.9. The minimum atomic E-state index is -3.58. The number of nitrogen functional groups attached to an aromatic ring is 1. The molecule has 0 aliphatic heterocycles. The van der Waals surface area contributed by atoms with Crippen molar-refractivity contribution in [2.24, 2.45) is 0 Å². The van der Waals surface area contributed by atoms with Crippen LogP contribution in [-0.4, -0.2) is 8.42 Å². The fraction of sp³-hybridized carbons (Fsp3) is 0.231. The van der Waals surface area contributed by atoms with Crippen LogP contribution < -0.4 is 10.5 Å². The van der Waals surface area contributed by atoms with Crippen LogP contribution in [0.2, 0.25) is 0 Å². The Morgan fingerprint density at radius 3 is 2.65 bits per heavy atom. The molecule has 0 saturated carbocycles. The molecule has 3 N–H and O–H groups in total. The molecule has 0 fully saturated rings. The summed E-state index contributed by atoms with van der Waals surface area (Å²) in [6.07, 6.45) is 0. The van der Waals surface area contributed by atoms with Gasteiger partial charge in [0.2, 0.25) is 10.0 Å². The molecule has 0 atom stereocenters. The monoisotopic (exact) mass is 374 g/mol. The van der Waals surface area contributed by atoms with Crippen LogP contribution in [-0.2, 0) is 16.6 Å². The number of sulfonamides is 1. The zero-order valence-corrected chi connectivity index (χ0v) is 14.3. The van der Waals surface area contributed by atoms with Gasteiger partial charge in [-0.2, -0.15) is 0 Å². The summed E-state index contributed by atoms with van der Waals surface area (Å²) in [5.74, 6) is 0. The number of benzene rings is 1. The largest absolute Gasteiger partial charge is 0.398 e. The minimum absolute atomic E-state index is 0.207. The molecule has 4 nitrogen and oxygen atoms in total. The molecule has 20 heavy (non-hydrogen) atoms. The van der Waals surface area contributed by atoms with Crippen LogP contribution in [0.5, 0.6) is 0 Å². The molecule has 1 aromatic heterocycles. The highest BCUT2D eigenvalue weighted by atomic mass is 79.9. The van der Waals surface area contributed by atoms with Crippen molar-refractivity contribution in [3.05, 3.63) is 44.1 Å². The van der Waals surface area contributed by atoms with Gasteiger partial charge in [0.25, 0.3) is 0 Å². The lowest BCUT2D eigenvalue weighted by atomic mass is 10.2. The Morgan fingerprint density at radius 1 is 1.35 bits per heavy atom. The number of nitrogens with two attached hydrogens (primary N) is 1. The molecule has 0 radical (unpaired) electrons. The van der Waals surface area contributed by atoms with Crippen molar-refractivity contribution >= 4 is 43.0 Å². The lowest BCUT2D eigenvalue weighted by Gasteiger charge is -2.11. The maximum absolute atomic E-state index is 12.4. The van der Waals surface area contributed by atoms with Gasteiger partial charge in [0, 0.05) is 21.6 Å². The third-order valence-electron chi connectivity index (χ3n) is 3.05. The van der Waals surface area contributed by atoms with Crippen LogP contribution in [0, 0.1) is 13.8 Å². The molecule has 0 unspecified atom stereocenters. The quantitative estimate of drug-likeness (QED) is 0.807. The van der Waals surface area contributed by atoms with Gasteiger partial charge in [0.05, 0.1) is 4.90 Å². The van der Waals surface area contributed by atoms with E-state index in [1.165, 1.54) is 11.3 Å². The molecule has 0 aliphatic carbocycles. The summed E-state index contributed by atoms with van der Waals surface area (Å²) in [7, 11) is -3.58. The van der Waals surface area contributed by atoms with E-state index in [4.69, 9.17) is 5.73 Å². The Bertz CT molecular complexity index is 739. The molecule has 1 aromatic carbocycles. The second-order valence-corrected chi connectivity index (χ2v) is 8.12. The van der Waals surface area contributed by atoms with E-state index in [1.807, 2.05) is 18.4 Å². The van der Waals surface area contributed by atoms with Gasteiger partial charge in [-0.05, 0) is 48.6 Å². The second-order valence-electron chi connectivity index (χ2n) is 4.47. The number of nitrogens with one attached hydrogen (secondary N) is 1.